The minimum atomic E-state index is 0.0190. The molecular formula is C15H23N3O2. The maximum atomic E-state index is 12.5. The molecule has 5 nitrogen and oxygen atoms in total. The van der Waals surface area contributed by atoms with Crippen LogP contribution in [0.5, 0.6) is 0 Å². The predicted octanol–water partition coefficient (Wildman–Crippen LogP) is 2.01. The van der Waals surface area contributed by atoms with Crippen LogP contribution in [0, 0.1) is 5.92 Å². The van der Waals surface area contributed by atoms with Crippen LogP contribution in [0.1, 0.15) is 30.3 Å². The fraction of sp³-hybridized carbons (Fsp3) is 0.600. The van der Waals surface area contributed by atoms with E-state index in [4.69, 9.17) is 4.74 Å². The zero-order chi connectivity index (χ0) is 14.4. The molecule has 1 amide bonds. The highest BCUT2D eigenvalue weighted by atomic mass is 16.5. The molecule has 0 bridgehead atoms. The molecule has 1 aliphatic heterocycles. The Bertz CT molecular complexity index is 448. The molecule has 1 aliphatic rings. The highest BCUT2D eigenvalue weighted by molar-refractivity contribution is 5.93. The van der Waals surface area contributed by atoms with Gasteiger partial charge in [0.1, 0.15) is 5.69 Å². The van der Waals surface area contributed by atoms with Crippen molar-refractivity contribution in [1.29, 1.82) is 0 Å². The van der Waals surface area contributed by atoms with E-state index in [2.05, 4.69) is 10.3 Å². The van der Waals surface area contributed by atoms with Gasteiger partial charge in [-0.2, -0.15) is 0 Å². The van der Waals surface area contributed by atoms with Gasteiger partial charge < -0.3 is 15.0 Å². The van der Waals surface area contributed by atoms with Crippen LogP contribution in [0.2, 0.25) is 0 Å². The summed E-state index contributed by atoms with van der Waals surface area (Å²) >= 11 is 0. The van der Waals surface area contributed by atoms with E-state index in [0.29, 0.717) is 18.2 Å². The third-order valence-electron chi connectivity index (χ3n) is 3.57. The largest absolute Gasteiger partial charge is 0.385 e. The summed E-state index contributed by atoms with van der Waals surface area (Å²) in [5.74, 6) is 0.459. The Morgan fingerprint density at radius 3 is 3.20 bits per heavy atom. The third-order valence-corrected chi connectivity index (χ3v) is 3.57. The highest BCUT2D eigenvalue weighted by Crippen LogP contribution is 2.19. The first-order chi connectivity index (χ1) is 9.74. The van der Waals surface area contributed by atoms with Gasteiger partial charge >= 0.3 is 0 Å². The number of anilines is 1. The van der Waals surface area contributed by atoms with Gasteiger partial charge in [0.15, 0.2) is 0 Å². The van der Waals surface area contributed by atoms with Crippen molar-refractivity contribution in [3.63, 3.8) is 0 Å². The number of rotatable bonds is 5. The molecule has 0 spiro atoms. The number of aromatic nitrogens is 1. The fourth-order valence-corrected chi connectivity index (χ4v) is 2.64. The second-order valence-electron chi connectivity index (χ2n) is 5.17. The van der Waals surface area contributed by atoms with Gasteiger partial charge in [0, 0.05) is 38.6 Å². The summed E-state index contributed by atoms with van der Waals surface area (Å²) in [6.07, 6.45) is 3.84. The first kappa shape index (κ1) is 14.8. The minimum Gasteiger partial charge on any atom is -0.385 e. The number of nitrogens with one attached hydrogen (secondary N) is 1. The first-order valence-electron chi connectivity index (χ1n) is 7.22. The standard InChI is InChI=1S/C15H23N3O2/c1-3-16-13-6-7-17-14(9-13)15(19)18-8-4-5-12(10-18)11-20-2/h6-7,9,12H,3-5,8,10-11H2,1-2H3,(H,16,17). The van der Waals surface area contributed by atoms with E-state index >= 15 is 0 Å². The SMILES string of the molecule is CCNc1ccnc(C(=O)N2CCCC(COC)C2)c1. The molecule has 0 radical (unpaired) electrons. The van der Waals surface area contributed by atoms with E-state index in [1.807, 2.05) is 24.0 Å². The molecule has 2 rings (SSSR count). The maximum absolute atomic E-state index is 12.5. The molecule has 20 heavy (non-hydrogen) atoms. The van der Waals surface area contributed by atoms with E-state index < -0.39 is 0 Å². The number of hydrogen-bond donors (Lipinski definition) is 1. The van der Waals surface area contributed by atoms with Gasteiger partial charge in [-0.05, 0) is 37.8 Å². The van der Waals surface area contributed by atoms with Crippen molar-refractivity contribution in [2.45, 2.75) is 19.8 Å². The van der Waals surface area contributed by atoms with E-state index in [0.717, 1.165) is 38.2 Å². The second kappa shape index (κ2) is 7.24. The maximum Gasteiger partial charge on any atom is 0.272 e. The molecule has 1 aromatic heterocycles. The van der Waals surface area contributed by atoms with Gasteiger partial charge in [0.2, 0.25) is 0 Å². The molecule has 1 N–H and O–H groups in total. The number of methoxy groups -OCH3 is 1. The zero-order valence-corrected chi connectivity index (χ0v) is 12.3. The van der Waals surface area contributed by atoms with Crippen LogP contribution in [0.4, 0.5) is 5.69 Å². The van der Waals surface area contributed by atoms with E-state index in [1.54, 1.807) is 13.3 Å². The topological polar surface area (TPSA) is 54.5 Å². The molecule has 1 unspecified atom stereocenters. The van der Waals surface area contributed by atoms with Crippen molar-refractivity contribution in [2.24, 2.45) is 5.92 Å². The second-order valence-corrected chi connectivity index (χ2v) is 5.17. The average Bonchev–Trinajstić information content (AvgIpc) is 2.48. The summed E-state index contributed by atoms with van der Waals surface area (Å²) in [4.78, 5) is 18.6. The Hall–Kier alpha value is -1.62. The van der Waals surface area contributed by atoms with Crippen LogP contribution in [-0.4, -0.2) is 49.1 Å². The number of pyridine rings is 1. The lowest BCUT2D eigenvalue weighted by Gasteiger charge is -2.32. The molecular weight excluding hydrogens is 254 g/mol. The lowest BCUT2D eigenvalue weighted by Crippen LogP contribution is -2.41. The number of carbonyl (C=O) groups is 1. The number of nitrogens with zero attached hydrogens (tertiary/aromatic N) is 2. The van der Waals surface area contributed by atoms with E-state index in [9.17, 15) is 4.79 Å². The smallest absolute Gasteiger partial charge is 0.272 e. The molecule has 0 saturated carbocycles. The van der Waals surface area contributed by atoms with E-state index in [1.165, 1.54) is 0 Å². The summed E-state index contributed by atoms with van der Waals surface area (Å²) in [5, 5.41) is 3.20. The quantitative estimate of drug-likeness (QED) is 0.894. The monoisotopic (exact) mass is 277 g/mol. The number of likely N-dealkylation sites (tertiary alicyclic amines) is 1. The molecule has 1 fully saturated rings. The van der Waals surface area contributed by atoms with Crippen molar-refractivity contribution in [1.82, 2.24) is 9.88 Å². The van der Waals surface area contributed by atoms with Crippen molar-refractivity contribution in [3.05, 3.63) is 24.0 Å². The summed E-state index contributed by atoms with van der Waals surface area (Å²) in [7, 11) is 1.71. The van der Waals surface area contributed by atoms with Crippen LogP contribution in [0.15, 0.2) is 18.3 Å². The summed E-state index contributed by atoms with van der Waals surface area (Å²) in [5.41, 5.74) is 1.46. The molecule has 0 aliphatic carbocycles. The molecule has 2 heterocycles. The lowest BCUT2D eigenvalue weighted by molar-refractivity contribution is 0.0566. The van der Waals surface area contributed by atoms with Crippen LogP contribution in [0.25, 0.3) is 0 Å². The predicted molar refractivity (Wildman–Crippen MR) is 78.9 cm³/mol. The highest BCUT2D eigenvalue weighted by Gasteiger charge is 2.25. The molecule has 0 aromatic carbocycles. The van der Waals surface area contributed by atoms with Gasteiger partial charge in [-0.1, -0.05) is 0 Å². The van der Waals surface area contributed by atoms with Crippen LogP contribution in [0.3, 0.4) is 0 Å². The van der Waals surface area contributed by atoms with Gasteiger partial charge in [0.25, 0.3) is 5.91 Å². The Labute approximate surface area is 120 Å². The van der Waals surface area contributed by atoms with Crippen LogP contribution in [-0.2, 0) is 4.74 Å². The number of ether oxygens (including phenoxy) is 1. The van der Waals surface area contributed by atoms with E-state index in [-0.39, 0.29) is 5.91 Å². The molecule has 1 aromatic rings. The molecule has 110 valence electrons. The Morgan fingerprint density at radius 2 is 2.45 bits per heavy atom. The lowest BCUT2D eigenvalue weighted by atomic mass is 9.98. The van der Waals surface area contributed by atoms with Gasteiger partial charge in [-0.25, -0.2) is 0 Å². The van der Waals surface area contributed by atoms with Crippen molar-refractivity contribution >= 4 is 11.6 Å². The van der Waals surface area contributed by atoms with Gasteiger partial charge in [0.05, 0.1) is 6.61 Å². The fourth-order valence-electron chi connectivity index (χ4n) is 2.64. The zero-order valence-electron chi connectivity index (χ0n) is 12.3. The molecule has 5 heteroatoms. The summed E-state index contributed by atoms with van der Waals surface area (Å²) in [6.45, 7) is 5.15. The third kappa shape index (κ3) is 3.70. The number of hydrogen-bond acceptors (Lipinski definition) is 4. The Morgan fingerprint density at radius 1 is 1.60 bits per heavy atom. The summed E-state index contributed by atoms with van der Waals surface area (Å²) in [6, 6.07) is 3.70. The first-order valence-corrected chi connectivity index (χ1v) is 7.22. The minimum absolute atomic E-state index is 0.0190. The van der Waals surface area contributed by atoms with Gasteiger partial charge in [-0.15, -0.1) is 0 Å². The molecule has 1 atom stereocenters. The van der Waals surface area contributed by atoms with Crippen LogP contribution >= 0.6 is 0 Å². The number of amides is 1. The normalized spacial score (nSPS) is 18.9. The van der Waals surface area contributed by atoms with Crippen molar-refractivity contribution in [2.75, 3.05) is 38.7 Å². The van der Waals surface area contributed by atoms with Gasteiger partial charge in [-0.3, -0.25) is 9.78 Å². The Kier molecular flexibility index (Phi) is 5.35. The van der Waals surface area contributed by atoms with Crippen molar-refractivity contribution in [3.8, 4) is 0 Å². The number of piperidine rings is 1. The number of carbonyl (C=O) groups excluding carboxylic acids is 1. The molecule has 1 saturated heterocycles. The van der Waals surface area contributed by atoms with Crippen molar-refractivity contribution < 1.29 is 9.53 Å². The summed E-state index contributed by atoms with van der Waals surface area (Å²) < 4.78 is 5.20. The van der Waals surface area contributed by atoms with Crippen LogP contribution < -0.4 is 5.32 Å². The Balaban J connectivity index is 2.04. The average molecular weight is 277 g/mol.